The zero-order valence-corrected chi connectivity index (χ0v) is 24.8. The summed E-state index contributed by atoms with van der Waals surface area (Å²) in [4.78, 5) is 0. The molecule has 0 saturated heterocycles. The largest absolute Gasteiger partial charge is 0.374 e. The molecule has 0 spiro atoms. The minimum absolute atomic E-state index is 0.274. The molecule has 2 heteroatoms. The number of ether oxygens (including phenoxy) is 1. The summed E-state index contributed by atoms with van der Waals surface area (Å²) in [6.07, 6.45) is 2.72. The van der Waals surface area contributed by atoms with Crippen molar-refractivity contribution in [3.05, 3.63) is 106 Å². The standard InChI is InChI=1S/C11H15ClO.2C9H12.2C2H6/c1-8(2)13-7-10-4-5-11(12)9(3)6-10;1-8(2)9-6-4-3-5-7-9;1-2-6-9-7-4-3-5-8-9;2*1-2/h4-6,8H,7H2,1-3H3;3-8H,1-2H3;3-5,7-8H,2,6H2,1H3;2*1-2H3. The molecule has 0 radical (unpaired) electrons. The summed E-state index contributed by atoms with van der Waals surface area (Å²) in [6.45, 7) is 21.3. The van der Waals surface area contributed by atoms with Crippen LogP contribution >= 0.6 is 11.6 Å². The molecule has 0 N–H and O–H groups in total. The molecule has 0 aliphatic rings. The van der Waals surface area contributed by atoms with Gasteiger partial charge in [0.1, 0.15) is 0 Å². The van der Waals surface area contributed by atoms with Crippen LogP contribution in [-0.2, 0) is 17.8 Å². The monoisotopic (exact) mass is 498 g/mol. The lowest BCUT2D eigenvalue weighted by Gasteiger charge is -2.08. The van der Waals surface area contributed by atoms with E-state index >= 15 is 0 Å². The molecule has 0 fully saturated rings. The molecule has 35 heavy (non-hydrogen) atoms. The van der Waals surface area contributed by atoms with Crippen molar-refractivity contribution >= 4 is 11.6 Å². The van der Waals surface area contributed by atoms with Gasteiger partial charge in [-0.2, -0.15) is 0 Å². The molecule has 0 amide bonds. The van der Waals surface area contributed by atoms with Crippen LogP contribution in [0.25, 0.3) is 0 Å². The summed E-state index contributed by atoms with van der Waals surface area (Å²) in [6, 6.07) is 27.1. The summed E-state index contributed by atoms with van der Waals surface area (Å²) in [7, 11) is 0. The fraction of sp³-hybridized carbons (Fsp3) is 0.455. The smallest absolute Gasteiger partial charge is 0.0720 e. The van der Waals surface area contributed by atoms with Crippen molar-refractivity contribution in [2.24, 2.45) is 0 Å². The van der Waals surface area contributed by atoms with E-state index in [0.717, 1.165) is 10.6 Å². The van der Waals surface area contributed by atoms with Gasteiger partial charge in [-0.15, -0.1) is 0 Å². The fourth-order valence-electron chi connectivity index (χ4n) is 2.83. The zero-order valence-electron chi connectivity index (χ0n) is 24.1. The number of hydrogen-bond acceptors (Lipinski definition) is 1. The predicted octanol–water partition coefficient (Wildman–Crippen LogP) is 11.1. The van der Waals surface area contributed by atoms with Crippen LogP contribution in [0.1, 0.15) is 96.9 Å². The Hall–Kier alpha value is -2.09. The first-order valence-electron chi connectivity index (χ1n) is 13.3. The number of hydrogen-bond donors (Lipinski definition) is 0. The van der Waals surface area contributed by atoms with Crippen molar-refractivity contribution in [1.82, 2.24) is 0 Å². The SMILES string of the molecule is CC.CC.CC(C)c1ccccc1.CCCc1ccccc1.Cc1cc(COC(C)C)ccc1Cl. The first kappa shape index (κ1) is 35.1. The van der Waals surface area contributed by atoms with E-state index in [4.69, 9.17) is 16.3 Å². The Morgan fingerprint density at radius 2 is 1.23 bits per heavy atom. The highest BCUT2D eigenvalue weighted by molar-refractivity contribution is 6.31. The van der Waals surface area contributed by atoms with E-state index in [2.05, 4.69) is 81.4 Å². The molecule has 0 aliphatic carbocycles. The van der Waals surface area contributed by atoms with Crippen molar-refractivity contribution in [2.75, 3.05) is 0 Å². The number of aryl methyl sites for hydroxylation is 2. The van der Waals surface area contributed by atoms with Gasteiger partial charge in [0, 0.05) is 5.02 Å². The molecule has 3 aromatic carbocycles. The molecular formula is C33H51ClO. The maximum Gasteiger partial charge on any atom is 0.0720 e. The molecule has 0 saturated carbocycles. The van der Waals surface area contributed by atoms with Gasteiger partial charge in [-0.3, -0.25) is 0 Å². The summed E-state index contributed by atoms with van der Waals surface area (Å²) < 4.78 is 5.48. The Morgan fingerprint density at radius 3 is 1.63 bits per heavy atom. The van der Waals surface area contributed by atoms with E-state index in [0.29, 0.717) is 12.5 Å². The van der Waals surface area contributed by atoms with E-state index in [1.165, 1.54) is 29.5 Å². The highest BCUT2D eigenvalue weighted by atomic mass is 35.5. The summed E-state index contributed by atoms with van der Waals surface area (Å²) in [5, 5.41) is 0.813. The van der Waals surface area contributed by atoms with Gasteiger partial charge in [-0.1, -0.05) is 139 Å². The Kier molecular flexibility index (Phi) is 23.7. The van der Waals surface area contributed by atoms with Crippen LogP contribution in [0.2, 0.25) is 5.02 Å². The molecule has 3 aromatic rings. The van der Waals surface area contributed by atoms with Crippen molar-refractivity contribution in [1.29, 1.82) is 0 Å². The molecule has 0 bridgehead atoms. The molecule has 0 unspecified atom stereocenters. The van der Waals surface area contributed by atoms with Gasteiger partial charge < -0.3 is 4.74 Å². The Labute approximate surface area is 222 Å². The third-order valence-electron chi connectivity index (χ3n) is 4.65. The molecule has 3 rings (SSSR count). The quantitative estimate of drug-likeness (QED) is 0.328. The molecule has 0 aromatic heterocycles. The molecular weight excluding hydrogens is 448 g/mol. The van der Waals surface area contributed by atoms with Crippen LogP contribution in [0.4, 0.5) is 0 Å². The highest BCUT2D eigenvalue weighted by Crippen LogP contribution is 2.17. The van der Waals surface area contributed by atoms with Gasteiger partial charge >= 0.3 is 0 Å². The second-order valence-corrected chi connectivity index (χ2v) is 8.65. The summed E-state index contributed by atoms with van der Waals surface area (Å²) >= 11 is 5.90. The average molecular weight is 499 g/mol. The molecule has 196 valence electrons. The van der Waals surface area contributed by atoms with Gasteiger partial charge in [-0.25, -0.2) is 0 Å². The van der Waals surface area contributed by atoms with E-state index in [1.807, 2.05) is 66.7 Å². The number of halogens is 1. The van der Waals surface area contributed by atoms with Crippen LogP contribution in [0.3, 0.4) is 0 Å². The maximum absolute atomic E-state index is 5.90. The van der Waals surface area contributed by atoms with Crippen LogP contribution in [0.15, 0.2) is 78.9 Å². The minimum Gasteiger partial charge on any atom is -0.374 e. The van der Waals surface area contributed by atoms with Crippen LogP contribution in [0, 0.1) is 6.92 Å². The number of benzene rings is 3. The lowest BCUT2D eigenvalue weighted by atomic mass is 10.0. The van der Waals surface area contributed by atoms with Crippen LogP contribution in [-0.4, -0.2) is 6.10 Å². The summed E-state index contributed by atoms with van der Waals surface area (Å²) in [5.41, 5.74) is 5.14. The first-order chi connectivity index (χ1) is 16.8. The second kappa shape index (κ2) is 23.6. The van der Waals surface area contributed by atoms with E-state index in [-0.39, 0.29) is 6.10 Å². The van der Waals surface area contributed by atoms with Crippen molar-refractivity contribution in [2.45, 2.75) is 101 Å². The zero-order chi connectivity index (χ0) is 27.1. The van der Waals surface area contributed by atoms with Crippen LogP contribution in [0.5, 0.6) is 0 Å². The van der Waals surface area contributed by atoms with Crippen LogP contribution < -0.4 is 0 Å². The van der Waals surface area contributed by atoms with Gasteiger partial charge in [0.25, 0.3) is 0 Å². The van der Waals surface area contributed by atoms with Gasteiger partial charge in [0.05, 0.1) is 12.7 Å². The first-order valence-corrected chi connectivity index (χ1v) is 13.7. The van der Waals surface area contributed by atoms with Crippen molar-refractivity contribution in [3.63, 3.8) is 0 Å². The molecule has 0 heterocycles. The van der Waals surface area contributed by atoms with Gasteiger partial charge in [0.2, 0.25) is 0 Å². The Balaban J connectivity index is 0. The Morgan fingerprint density at radius 1 is 0.714 bits per heavy atom. The second-order valence-electron chi connectivity index (χ2n) is 8.24. The molecule has 0 atom stereocenters. The van der Waals surface area contributed by atoms with E-state index in [9.17, 15) is 0 Å². The summed E-state index contributed by atoms with van der Waals surface area (Å²) in [5.74, 6) is 0.659. The maximum atomic E-state index is 5.90. The topological polar surface area (TPSA) is 9.23 Å². The van der Waals surface area contributed by atoms with E-state index < -0.39 is 0 Å². The lowest BCUT2D eigenvalue weighted by Crippen LogP contribution is -2.02. The normalized spacial score (nSPS) is 9.40. The van der Waals surface area contributed by atoms with Crippen molar-refractivity contribution in [3.8, 4) is 0 Å². The molecule has 0 aliphatic heterocycles. The minimum atomic E-state index is 0.274. The predicted molar refractivity (Wildman–Crippen MR) is 160 cm³/mol. The van der Waals surface area contributed by atoms with Gasteiger partial charge in [0.15, 0.2) is 0 Å². The van der Waals surface area contributed by atoms with E-state index in [1.54, 1.807) is 0 Å². The highest BCUT2D eigenvalue weighted by Gasteiger charge is 1.99. The fourth-order valence-corrected chi connectivity index (χ4v) is 2.95. The van der Waals surface area contributed by atoms with Gasteiger partial charge in [-0.05, 0) is 61.4 Å². The molecule has 1 nitrogen and oxygen atoms in total. The third-order valence-corrected chi connectivity index (χ3v) is 5.08. The van der Waals surface area contributed by atoms with Crippen molar-refractivity contribution < 1.29 is 4.74 Å². The third kappa shape index (κ3) is 18.9. The average Bonchev–Trinajstić information content (AvgIpc) is 2.89. The number of rotatable bonds is 6. The lowest BCUT2D eigenvalue weighted by molar-refractivity contribution is 0.0657. The Bertz CT molecular complexity index is 826.